The summed E-state index contributed by atoms with van der Waals surface area (Å²) in [5.74, 6) is 0. The van der Waals surface area contributed by atoms with Crippen LogP contribution in [0.4, 0.5) is 0 Å². The Hall–Kier alpha value is -0.0400. The van der Waals surface area contributed by atoms with Crippen molar-refractivity contribution in [2.24, 2.45) is 0 Å². The zero-order valence-electron chi connectivity index (χ0n) is 11.8. The molecule has 1 saturated carbocycles. The minimum atomic E-state index is -0.277. The molecule has 0 aromatic heterocycles. The monoisotopic (exact) mass is 240 g/mol. The van der Waals surface area contributed by atoms with Gasteiger partial charge in [-0.25, -0.2) is 0 Å². The molecule has 0 aromatic rings. The Balaban J connectivity index is 1.89. The molecule has 1 aliphatic rings. The van der Waals surface area contributed by atoms with E-state index < -0.39 is 0 Å². The standard InChI is InChI=1S/C16H32O/c1-2-3-4-5-6-7-8-10-13-16(17)14-11-9-12-15-16/h17H,2-15H2,1H3. The van der Waals surface area contributed by atoms with Crippen molar-refractivity contribution in [2.75, 3.05) is 0 Å². The summed E-state index contributed by atoms with van der Waals surface area (Å²) >= 11 is 0. The van der Waals surface area contributed by atoms with Crippen LogP contribution < -0.4 is 0 Å². The normalized spacial score (nSPS) is 19.4. The van der Waals surface area contributed by atoms with Gasteiger partial charge in [-0.15, -0.1) is 0 Å². The molecule has 0 atom stereocenters. The maximum absolute atomic E-state index is 10.3. The van der Waals surface area contributed by atoms with Crippen LogP contribution in [-0.2, 0) is 0 Å². The first kappa shape index (κ1) is 15.0. The molecule has 0 bridgehead atoms. The maximum atomic E-state index is 10.3. The van der Waals surface area contributed by atoms with Crippen molar-refractivity contribution in [3.8, 4) is 0 Å². The van der Waals surface area contributed by atoms with Gasteiger partial charge in [-0.05, 0) is 19.3 Å². The molecule has 102 valence electrons. The van der Waals surface area contributed by atoms with E-state index in [1.165, 1.54) is 70.6 Å². The van der Waals surface area contributed by atoms with Crippen LogP contribution in [0.1, 0.15) is 96.8 Å². The lowest BCUT2D eigenvalue weighted by atomic mass is 9.81. The van der Waals surface area contributed by atoms with Crippen molar-refractivity contribution < 1.29 is 5.11 Å². The summed E-state index contributed by atoms with van der Waals surface area (Å²) in [6.07, 6.45) is 17.9. The molecule has 0 aliphatic heterocycles. The Bertz CT molecular complexity index is 170. The summed E-state index contributed by atoms with van der Waals surface area (Å²) < 4.78 is 0. The molecular weight excluding hydrogens is 208 g/mol. The third kappa shape index (κ3) is 7.08. The zero-order valence-corrected chi connectivity index (χ0v) is 11.8. The lowest BCUT2D eigenvalue weighted by molar-refractivity contribution is -0.00587. The quantitative estimate of drug-likeness (QED) is 0.548. The second kappa shape index (κ2) is 8.97. The van der Waals surface area contributed by atoms with Crippen LogP contribution in [0.25, 0.3) is 0 Å². The van der Waals surface area contributed by atoms with Crippen LogP contribution in [-0.4, -0.2) is 10.7 Å². The summed E-state index contributed by atoms with van der Waals surface area (Å²) in [6, 6.07) is 0. The summed E-state index contributed by atoms with van der Waals surface area (Å²) in [5, 5.41) is 10.3. The number of hydrogen-bond acceptors (Lipinski definition) is 1. The van der Waals surface area contributed by atoms with E-state index >= 15 is 0 Å². The van der Waals surface area contributed by atoms with Crippen molar-refractivity contribution >= 4 is 0 Å². The van der Waals surface area contributed by atoms with Gasteiger partial charge in [-0.2, -0.15) is 0 Å². The predicted octanol–water partition coefficient (Wildman–Crippen LogP) is 5.21. The summed E-state index contributed by atoms with van der Waals surface area (Å²) in [4.78, 5) is 0. The Kier molecular flexibility index (Phi) is 7.92. The van der Waals surface area contributed by atoms with Crippen LogP contribution in [0.2, 0.25) is 0 Å². The summed E-state index contributed by atoms with van der Waals surface area (Å²) in [5.41, 5.74) is -0.277. The minimum absolute atomic E-state index is 0.277. The molecule has 1 aliphatic carbocycles. The molecule has 0 amide bonds. The second-order valence-electron chi connectivity index (χ2n) is 6.01. The fourth-order valence-electron chi connectivity index (χ4n) is 3.05. The van der Waals surface area contributed by atoms with Gasteiger partial charge in [0, 0.05) is 0 Å². The van der Waals surface area contributed by atoms with Crippen molar-refractivity contribution in [3.63, 3.8) is 0 Å². The highest BCUT2D eigenvalue weighted by molar-refractivity contribution is 4.81. The van der Waals surface area contributed by atoms with Crippen molar-refractivity contribution in [2.45, 2.75) is 102 Å². The first-order valence-corrected chi connectivity index (χ1v) is 7.99. The van der Waals surface area contributed by atoms with Crippen LogP contribution in [0.3, 0.4) is 0 Å². The van der Waals surface area contributed by atoms with Crippen LogP contribution in [0, 0.1) is 0 Å². The topological polar surface area (TPSA) is 20.2 Å². The van der Waals surface area contributed by atoms with E-state index in [-0.39, 0.29) is 5.60 Å². The Morgan fingerprint density at radius 1 is 0.765 bits per heavy atom. The van der Waals surface area contributed by atoms with E-state index in [0.717, 1.165) is 19.3 Å². The predicted molar refractivity (Wildman–Crippen MR) is 75.3 cm³/mol. The van der Waals surface area contributed by atoms with E-state index in [1.807, 2.05) is 0 Å². The van der Waals surface area contributed by atoms with E-state index in [0.29, 0.717) is 0 Å². The fourth-order valence-corrected chi connectivity index (χ4v) is 3.05. The molecule has 1 rings (SSSR count). The smallest absolute Gasteiger partial charge is 0.0647 e. The zero-order chi connectivity index (χ0) is 12.4. The average Bonchev–Trinajstić information content (AvgIpc) is 2.33. The van der Waals surface area contributed by atoms with Gasteiger partial charge in [-0.1, -0.05) is 77.6 Å². The first-order valence-electron chi connectivity index (χ1n) is 7.99. The molecule has 1 heteroatoms. The number of hydrogen-bond donors (Lipinski definition) is 1. The molecule has 0 unspecified atom stereocenters. The Labute approximate surface area is 108 Å². The van der Waals surface area contributed by atoms with Gasteiger partial charge in [0.25, 0.3) is 0 Å². The van der Waals surface area contributed by atoms with E-state index in [2.05, 4.69) is 6.92 Å². The molecule has 0 radical (unpaired) electrons. The van der Waals surface area contributed by atoms with Gasteiger partial charge in [0.1, 0.15) is 0 Å². The third-order valence-electron chi connectivity index (χ3n) is 4.28. The number of aliphatic hydroxyl groups is 1. The molecule has 17 heavy (non-hydrogen) atoms. The first-order chi connectivity index (χ1) is 8.27. The van der Waals surface area contributed by atoms with Gasteiger partial charge >= 0.3 is 0 Å². The van der Waals surface area contributed by atoms with Gasteiger partial charge in [0.15, 0.2) is 0 Å². The largest absolute Gasteiger partial charge is 0.390 e. The molecule has 0 aromatic carbocycles. The highest BCUT2D eigenvalue weighted by Gasteiger charge is 2.27. The fraction of sp³-hybridized carbons (Fsp3) is 1.00. The minimum Gasteiger partial charge on any atom is -0.390 e. The Morgan fingerprint density at radius 2 is 1.29 bits per heavy atom. The summed E-state index contributed by atoms with van der Waals surface area (Å²) in [7, 11) is 0. The molecule has 1 fully saturated rings. The molecule has 0 spiro atoms. The average molecular weight is 240 g/mol. The number of unbranched alkanes of at least 4 members (excludes halogenated alkanes) is 7. The van der Waals surface area contributed by atoms with E-state index in [1.54, 1.807) is 0 Å². The van der Waals surface area contributed by atoms with Gasteiger partial charge < -0.3 is 5.11 Å². The van der Waals surface area contributed by atoms with Gasteiger partial charge in [0.2, 0.25) is 0 Å². The second-order valence-corrected chi connectivity index (χ2v) is 6.01. The van der Waals surface area contributed by atoms with E-state index in [4.69, 9.17) is 0 Å². The third-order valence-corrected chi connectivity index (χ3v) is 4.28. The van der Waals surface area contributed by atoms with Crippen LogP contribution in [0.5, 0.6) is 0 Å². The van der Waals surface area contributed by atoms with Crippen LogP contribution in [0.15, 0.2) is 0 Å². The van der Waals surface area contributed by atoms with Gasteiger partial charge in [0.05, 0.1) is 5.60 Å². The molecule has 1 nitrogen and oxygen atoms in total. The molecular formula is C16H32O. The van der Waals surface area contributed by atoms with Crippen molar-refractivity contribution in [1.29, 1.82) is 0 Å². The highest BCUT2D eigenvalue weighted by Crippen LogP contribution is 2.32. The lowest BCUT2D eigenvalue weighted by Gasteiger charge is -2.32. The highest BCUT2D eigenvalue weighted by atomic mass is 16.3. The van der Waals surface area contributed by atoms with Crippen molar-refractivity contribution in [1.82, 2.24) is 0 Å². The molecule has 1 N–H and O–H groups in total. The van der Waals surface area contributed by atoms with Gasteiger partial charge in [-0.3, -0.25) is 0 Å². The Morgan fingerprint density at radius 3 is 1.88 bits per heavy atom. The van der Waals surface area contributed by atoms with E-state index in [9.17, 15) is 5.11 Å². The SMILES string of the molecule is CCCCCCCCCCC1(O)CCCCC1. The molecule has 0 heterocycles. The lowest BCUT2D eigenvalue weighted by Crippen LogP contribution is -2.30. The number of rotatable bonds is 9. The molecule has 0 saturated heterocycles. The maximum Gasteiger partial charge on any atom is 0.0647 e. The summed E-state index contributed by atoms with van der Waals surface area (Å²) in [6.45, 7) is 2.27. The van der Waals surface area contributed by atoms with Crippen molar-refractivity contribution in [3.05, 3.63) is 0 Å². The van der Waals surface area contributed by atoms with Crippen LogP contribution >= 0.6 is 0 Å².